The summed E-state index contributed by atoms with van der Waals surface area (Å²) in [4.78, 5) is 17.4. The first-order valence-electron chi connectivity index (χ1n) is 9.43. The standard InChI is InChI=1S/C19H26ClN3O3/c1-13-11-14(22-6-9-25-10-7-22)12-23(13)19(24)21-17-5-8-26-18-15(17)3-2-4-16(18)20/h2-4,13-14,17H,5-12H2,1H3,(H,21,24). The van der Waals surface area contributed by atoms with Crippen LogP contribution in [0.2, 0.25) is 5.02 Å². The maximum atomic E-state index is 12.9. The highest BCUT2D eigenvalue weighted by Crippen LogP contribution is 2.37. The number of hydrogen-bond acceptors (Lipinski definition) is 4. The lowest BCUT2D eigenvalue weighted by atomic mass is 10.0. The van der Waals surface area contributed by atoms with E-state index in [1.165, 1.54) is 0 Å². The summed E-state index contributed by atoms with van der Waals surface area (Å²) in [6.07, 6.45) is 1.78. The summed E-state index contributed by atoms with van der Waals surface area (Å²) in [6.45, 7) is 6.96. The Hall–Kier alpha value is -1.50. The van der Waals surface area contributed by atoms with Crippen molar-refractivity contribution in [3.05, 3.63) is 28.8 Å². The Morgan fingerprint density at radius 3 is 2.88 bits per heavy atom. The number of carbonyl (C=O) groups excluding carboxylic acids is 1. The van der Waals surface area contributed by atoms with Crippen LogP contribution >= 0.6 is 11.6 Å². The van der Waals surface area contributed by atoms with E-state index < -0.39 is 0 Å². The van der Waals surface area contributed by atoms with Gasteiger partial charge in [0.2, 0.25) is 0 Å². The van der Waals surface area contributed by atoms with Gasteiger partial charge >= 0.3 is 6.03 Å². The van der Waals surface area contributed by atoms with Gasteiger partial charge in [0, 0.05) is 43.7 Å². The van der Waals surface area contributed by atoms with Crippen molar-refractivity contribution in [2.75, 3.05) is 39.5 Å². The van der Waals surface area contributed by atoms with E-state index in [0.29, 0.717) is 23.4 Å². The molecule has 0 radical (unpaired) electrons. The lowest BCUT2D eigenvalue weighted by Gasteiger charge is -2.32. The molecule has 142 valence electrons. The number of nitrogens with one attached hydrogen (secondary N) is 1. The normalized spacial score (nSPS) is 29.2. The third-order valence-corrected chi connectivity index (χ3v) is 6.00. The second kappa shape index (κ2) is 7.62. The van der Waals surface area contributed by atoms with E-state index >= 15 is 0 Å². The molecule has 0 saturated carbocycles. The molecule has 0 aromatic heterocycles. The van der Waals surface area contributed by atoms with Gasteiger partial charge in [0.1, 0.15) is 5.75 Å². The Labute approximate surface area is 159 Å². The minimum atomic E-state index is -0.0559. The van der Waals surface area contributed by atoms with E-state index in [1.54, 1.807) is 0 Å². The van der Waals surface area contributed by atoms with Gasteiger partial charge in [-0.1, -0.05) is 23.7 Å². The molecule has 4 rings (SSSR count). The second-order valence-electron chi connectivity index (χ2n) is 7.34. The number of urea groups is 1. The summed E-state index contributed by atoms with van der Waals surface area (Å²) in [5.74, 6) is 0.700. The monoisotopic (exact) mass is 379 g/mol. The highest BCUT2D eigenvalue weighted by molar-refractivity contribution is 6.32. The molecule has 3 aliphatic heterocycles. The van der Waals surface area contributed by atoms with Gasteiger partial charge in [-0.15, -0.1) is 0 Å². The molecular formula is C19H26ClN3O3. The Morgan fingerprint density at radius 2 is 2.08 bits per heavy atom. The minimum Gasteiger partial charge on any atom is -0.492 e. The van der Waals surface area contributed by atoms with Gasteiger partial charge in [0.25, 0.3) is 0 Å². The van der Waals surface area contributed by atoms with Crippen LogP contribution in [0.5, 0.6) is 5.75 Å². The molecule has 6 nitrogen and oxygen atoms in total. The van der Waals surface area contributed by atoms with E-state index in [-0.39, 0.29) is 18.1 Å². The zero-order valence-corrected chi connectivity index (χ0v) is 15.9. The fraction of sp³-hybridized carbons (Fsp3) is 0.632. The number of benzene rings is 1. The zero-order chi connectivity index (χ0) is 18.1. The lowest BCUT2D eigenvalue weighted by Crippen LogP contribution is -2.47. The summed E-state index contributed by atoms with van der Waals surface area (Å²) < 4.78 is 11.1. The summed E-state index contributed by atoms with van der Waals surface area (Å²) in [5.41, 5.74) is 0.966. The summed E-state index contributed by atoms with van der Waals surface area (Å²) >= 11 is 6.24. The van der Waals surface area contributed by atoms with Crippen LogP contribution in [-0.4, -0.2) is 67.4 Å². The molecule has 1 aromatic rings. The number of nitrogens with zero attached hydrogens (tertiary/aromatic N) is 2. The molecule has 3 atom stereocenters. The van der Waals surface area contributed by atoms with Crippen LogP contribution in [0.15, 0.2) is 18.2 Å². The first-order chi connectivity index (χ1) is 12.6. The largest absolute Gasteiger partial charge is 0.492 e. The van der Waals surface area contributed by atoms with Crippen molar-refractivity contribution in [3.8, 4) is 5.75 Å². The maximum Gasteiger partial charge on any atom is 0.318 e. The molecule has 0 aliphatic carbocycles. The molecule has 3 heterocycles. The maximum absolute atomic E-state index is 12.9. The number of hydrogen-bond donors (Lipinski definition) is 1. The number of rotatable bonds is 2. The number of carbonyl (C=O) groups is 1. The van der Waals surface area contributed by atoms with E-state index in [9.17, 15) is 4.79 Å². The molecule has 0 bridgehead atoms. The SMILES string of the molecule is CC1CC(N2CCOCC2)CN1C(=O)NC1CCOc2c(Cl)cccc21. The molecule has 1 aromatic carbocycles. The van der Waals surface area contributed by atoms with E-state index in [2.05, 4.69) is 17.1 Å². The molecule has 2 fully saturated rings. The number of morpholine rings is 1. The van der Waals surface area contributed by atoms with Crippen LogP contribution in [0, 0.1) is 0 Å². The zero-order valence-electron chi connectivity index (χ0n) is 15.1. The summed E-state index contributed by atoms with van der Waals surface area (Å²) in [6, 6.07) is 6.32. The Kier molecular flexibility index (Phi) is 5.25. The van der Waals surface area contributed by atoms with Crippen molar-refractivity contribution in [2.24, 2.45) is 0 Å². The van der Waals surface area contributed by atoms with Gasteiger partial charge in [-0.25, -0.2) is 4.79 Å². The average molecular weight is 380 g/mol. The molecule has 1 N–H and O–H groups in total. The third-order valence-electron chi connectivity index (χ3n) is 5.70. The van der Waals surface area contributed by atoms with Crippen LogP contribution in [0.1, 0.15) is 31.4 Å². The first-order valence-corrected chi connectivity index (χ1v) is 9.81. The number of fused-ring (bicyclic) bond motifs is 1. The fourth-order valence-corrected chi connectivity index (χ4v) is 4.50. The summed E-state index contributed by atoms with van der Waals surface area (Å²) in [5, 5.41) is 3.80. The minimum absolute atomic E-state index is 0.00563. The predicted molar refractivity (Wildman–Crippen MR) is 99.8 cm³/mol. The molecule has 26 heavy (non-hydrogen) atoms. The van der Waals surface area contributed by atoms with Crippen molar-refractivity contribution >= 4 is 17.6 Å². The summed E-state index contributed by atoms with van der Waals surface area (Å²) in [7, 11) is 0. The van der Waals surface area contributed by atoms with E-state index in [4.69, 9.17) is 21.1 Å². The number of amides is 2. The quantitative estimate of drug-likeness (QED) is 0.858. The van der Waals surface area contributed by atoms with Crippen LogP contribution < -0.4 is 10.1 Å². The van der Waals surface area contributed by atoms with Gasteiger partial charge in [-0.2, -0.15) is 0 Å². The number of para-hydroxylation sites is 1. The first kappa shape index (κ1) is 17.9. The van der Waals surface area contributed by atoms with Gasteiger partial charge in [0.05, 0.1) is 30.9 Å². The molecule has 3 aliphatic rings. The highest BCUT2D eigenvalue weighted by atomic mass is 35.5. The molecular weight excluding hydrogens is 354 g/mol. The van der Waals surface area contributed by atoms with Gasteiger partial charge in [0.15, 0.2) is 0 Å². The second-order valence-corrected chi connectivity index (χ2v) is 7.74. The van der Waals surface area contributed by atoms with Crippen LogP contribution in [0.3, 0.4) is 0 Å². The smallest absolute Gasteiger partial charge is 0.318 e. The van der Waals surface area contributed by atoms with Gasteiger partial charge in [-0.05, 0) is 19.4 Å². The molecule has 3 unspecified atom stereocenters. The van der Waals surface area contributed by atoms with Crippen molar-refractivity contribution < 1.29 is 14.3 Å². The fourth-order valence-electron chi connectivity index (χ4n) is 4.26. The van der Waals surface area contributed by atoms with Crippen molar-refractivity contribution in [3.63, 3.8) is 0 Å². The van der Waals surface area contributed by atoms with Gasteiger partial charge < -0.3 is 19.7 Å². The molecule has 2 saturated heterocycles. The lowest BCUT2D eigenvalue weighted by molar-refractivity contribution is 0.0190. The van der Waals surface area contributed by atoms with Crippen molar-refractivity contribution in [1.82, 2.24) is 15.1 Å². The Balaban J connectivity index is 1.42. The van der Waals surface area contributed by atoms with E-state index in [0.717, 1.165) is 51.3 Å². The van der Waals surface area contributed by atoms with Crippen molar-refractivity contribution in [1.29, 1.82) is 0 Å². The number of likely N-dealkylation sites (tertiary alicyclic amines) is 1. The van der Waals surface area contributed by atoms with Gasteiger partial charge in [-0.3, -0.25) is 4.90 Å². The predicted octanol–water partition coefficient (Wildman–Crippen LogP) is 2.67. The van der Waals surface area contributed by atoms with Crippen LogP contribution in [0.25, 0.3) is 0 Å². The number of ether oxygens (including phenoxy) is 2. The average Bonchev–Trinajstić information content (AvgIpc) is 3.05. The number of halogens is 1. The Morgan fingerprint density at radius 1 is 1.27 bits per heavy atom. The highest BCUT2D eigenvalue weighted by Gasteiger charge is 2.37. The molecule has 7 heteroatoms. The topological polar surface area (TPSA) is 54.0 Å². The van der Waals surface area contributed by atoms with E-state index in [1.807, 2.05) is 23.1 Å². The molecule has 0 spiro atoms. The molecule has 2 amide bonds. The van der Waals surface area contributed by atoms with Crippen LogP contribution in [0.4, 0.5) is 4.79 Å². The third kappa shape index (κ3) is 3.50. The van der Waals surface area contributed by atoms with Crippen molar-refractivity contribution in [2.45, 2.75) is 37.9 Å². The Bertz CT molecular complexity index is 665. The van der Waals surface area contributed by atoms with Crippen LogP contribution in [-0.2, 0) is 4.74 Å².